The average Bonchev–Trinajstić information content (AvgIpc) is 1.99. The third-order valence-corrected chi connectivity index (χ3v) is 2.79. The van der Waals surface area contributed by atoms with Crippen molar-refractivity contribution in [1.82, 2.24) is 5.32 Å². The highest BCUT2D eigenvalue weighted by Crippen LogP contribution is 2.32. The average molecular weight is 214 g/mol. The Balaban J connectivity index is 2.17. The van der Waals surface area contributed by atoms with Gasteiger partial charge in [-0.15, -0.1) is 0 Å². The standard InChI is InChI=1S/C11H22N2O2/c1-11(2,3)15-10(14)13-7-9-5-4-8(9)6-12/h8-9H,4-7,12H2,1-3H3,(H,13,14)/t8-,9+/m0/s1. The van der Waals surface area contributed by atoms with Crippen LogP contribution in [0.1, 0.15) is 33.6 Å². The summed E-state index contributed by atoms with van der Waals surface area (Å²) in [6.07, 6.45) is 2.03. The molecule has 0 spiro atoms. The summed E-state index contributed by atoms with van der Waals surface area (Å²) in [6, 6.07) is 0. The monoisotopic (exact) mass is 214 g/mol. The van der Waals surface area contributed by atoms with Crippen LogP contribution in [0.25, 0.3) is 0 Å². The van der Waals surface area contributed by atoms with Gasteiger partial charge in [-0.25, -0.2) is 4.79 Å². The summed E-state index contributed by atoms with van der Waals surface area (Å²) >= 11 is 0. The zero-order valence-corrected chi connectivity index (χ0v) is 9.88. The number of nitrogens with one attached hydrogen (secondary N) is 1. The molecule has 1 aliphatic carbocycles. The van der Waals surface area contributed by atoms with Crippen molar-refractivity contribution in [2.45, 2.75) is 39.2 Å². The molecule has 0 aromatic heterocycles. The van der Waals surface area contributed by atoms with Crippen LogP contribution in [0.5, 0.6) is 0 Å². The minimum absolute atomic E-state index is 0.329. The van der Waals surface area contributed by atoms with Gasteiger partial charge >= 0.3 is 6.09 Å². The smallest absolute Gasteiger partial charge is 0.407 e. The van der Waals surface area contributed by atoms with Crippen molar-refractivity contribution < 1.29 is 9.53 Å². The van der Waals surface area contributed by atoms with E-state index in [1.807, 2.05) is 20.8 Å². The van der Waals surface area contributed by atoms with Gasteiger partial charge in [-0.3, -0.25) is 0 Å². The first-order chi connectivity index (χ1) is 6.92. The molecule has 0 saturated heterocycles. The van der Waals surface area contributed by atoms with Gasteiger partial charge in [0, 0.05) is 6.54 Å². The predicted molar refractivity (Wildman–Crippen MR) is 59.5 cm³/mol. The minimum Gasteiger partial charge on any atom is -0.444 e. The molecule has 0 aromatic rings. The first-order valence-electron chi connectivity index (χ1n) is 5.59. The maximum atomic E-state index is 11.3. The molecule has 0 radical (unpaired) electrons. The summed E-state index contributed by atoms with van der Waals surface area (Å²) in [6.45, 7) is 6.99. The van der Waals surface area contributed by atoms with Gasteiger partial charge in [-0.05, 0) is 52.0 Å². The Hall–Kier alpha value is -0.770. The number of hydrogen-bond acceptors (Lipinski definition) is 3. The van der Waals surface area contributed by atoms with Crippen LogP contribution in [0.15, 0.2) is 0 Å². The molecule has 0 unspecified atom stereocenters. The number of ether oxygens (including phenoxy) is 1. The Morgan fingerprint density at radius 3 is 2.40 bits per heavy atom. The molecule has 0 heterocycles. The number of amides is 1. The van der Waals surface area contributed by atoms with Crippen LogP contribution in [0.3, 0.4) is 0 Å². The van der Waals surface area contributed by atoms with E-state index in [0.717, 1.165) is 13.0 Å². The molecule has 1 fully saturated rings. The molecule has 0 aliphatic heterocycles. The lowest BCUT2D eigenvalue weighted by molar-refractivity contribution is 0.0493. The largest absolute Gasteiger partial charge is 0.444 e. The van der Waals surface area contributed by atoms with Crippen molar-refractivity contribution in [2.24, 2.45) is 17.6 Å². The number of carbonyl (C=O) groups is 1. The van der Waals surface area contributed by atoms with Gasteiger partial charge in [0.15, 0.2) is 0 Å². The van der Waals surface area contributed by atoms with E-state index in [2.05, 4.69) is 5.32 Å². The second-order valence-corrected chi connectivity index (χ2v) is 5.22. The van der Waals surface area contributed by atoms with Crippen LogP contribution in [0.4, 0.5) is 4.79 Å². The van der Waals surface area contributed by atoms with Crippen LogP contribution in [-0.2, 0) is 4.74 Å². The van der Waals surface area contributed by atoms with E-state index in [0.29, 0.717) is 18.4 Å². The maximum Gasteiger partial charge on any atom is 0.407 e. The molecule has 2 atom stereocenters. The van der Waals surface area contributed by atoms with Crippen molar-refractivity contribution in [2.75, 3.05) is 13.1 Å². The highest BCUT2D eigenvalue weighted by atomic mass is 16.6. The molecule has 4 nitrogen and oxygen atoms in total. The molecule has 15 heavy (non-hydrogen) atoms. The number of nitrogens with two attached hydrogens (primary N) is 1. The van der Waals surface area contributed by atoms with Crippen molar-refractivity contribution >= 4 is 6.09 Å². The van der Waals surface area contributed by atoms with Crippen molar-refractivity contribution in [3.63, 3.8) is 0 Å². The van der Waals surface area contributed by atoms with Crippen LogP contribution in [0.2, 0.25) is 0 Å². The van der Waals surface area contributed by atoms with E-state index in [9.17, 15) is 4.79 Å². The summed E-state index contributed by atoms with van der Waals surface area (Å²) in [4.78, 5) is 11.3. The number of hydrogen-bond donors (Lipinski definition) is 2. The zero-order valence-electron chi connectivity index (χ0n) is 9.88. The van der Waals surface area contributed by atoms with Gasteiger partial charge in [0.05, 0.1) is 0 Å². The molecule has 1 aliphatic rings. The molecule has 1 amide bonds. The van der Waals surface area contributed by atoms with E-state index in [1.54, 1.807) is 0 Å². The summed E-state index contributed by atoms with van der Waals surface area (Å²) in [5.41, 5.74) is 5.17. The molecular formula is C11H22N2O2. The Morgan fingerprint density at radius 2 is 2.00 bits per heavy atom. The second-order valence-electron chi connectivity index (χ2n) is 5.22. The third-order valence-electron chi connectivity index (χ3n) is 2.79. The maximum absolute atomic E-state index is 11.3. The lowest BCUT2D eigenvalue weighted by atomic mass is 9.74. The summed E-state index contributed by atoms with van der Waals surface area (Å²) in [5.74, 6) is 1.13. The summed E-state index contributed by atoms with van der Waals surface area (Å²) < 4.78 is 5.14. The SMILES string of the molecule is CC(C)(C)OC(=O)NC[C@H]1CC[C@H]1CN. The fraction of sp³-hybridized carbons (Fsp3) is 0.909. The van der Waals surface area contributed by atoms with Crippen molar-refractivity contribution in [3.05, 3.63) is 0 Å². The number of alkyl carbamates (subject to hydrolysis) is 1. The first kappa shape index (κ1) is 12.3. The third kappa shape index (κ3) is 4.08. The minimum atomic E-state index is -0.420. The van der Waals surface area contributed by atoms with Crippen LogP contribution < -0.4 is 11.1 Å². The first-order valence-corrected chi connectivity index (χ1v) is 5.59. The number of carbonyl (C=O) groups excluding carboxylic acids is 1. The fourth-order valence-corrected chi connectivity index (χ4v) is 1.75. The Kier molecular flexibility index (Phi) is 3.97. The molecule has 3 N–H and O–H groups in total. The molecule has 88 valence electrons. The summed E-state index contributed by atoms with van der Waals surface area (Å²) in [7, 11) is 0. The van der Waals surface area contributed by atoms with E-state index in [4.69, 9.17) is 10.5 Å². The Labute approximate surface area is 91.5 Å². The highest BCUT2D eigenvalue weighted by Gasteiger charge is 2.30. The van der Waals surface area contributed by atoms with E-state index in [1.165, 1.54) is 6.42 Å². The normalized spacial score (nSPS) is 25.6. The van der Waals surface area contributed by atoms with Crippen LogP contribution >= 0.6 is 0 Å². The predicted octanol–water partition coefficient (Wildman–Crippen LogP) is 1.50. The van der Waals surface area contributed by atoms with E-state index in [-0.39, 0.29) is 6.09 Å². The molecule has 1 saturated carbocycles. The van der Waals surface area contributed by atoms with E-state index < -0.39 is 5.60 Å². The Morgan fingerprint density at radius 1 is 1.40 bits per heavy atom. The topological polar surface area (TPSA) is 64.3 Å². The van der Waals surface area contributed by atoms with Gasteiger partial charge in [-0.2, -0.15) is 0 Å². The van der Waals surface area contributed by atoms with Crippen LogP contribution in [-0.4, -0.2) is 24.8 Å². The molecule has 0 bridgehead atoms. The second kappa shape index (κ2) is 4.84. The highest BCUT2D eigenvalue weighted by molar-refractivity contribution is 5.67. The van der Waals surface area contributed by atoms with Crippen molar-refractivity contribution in [1.29, 1.82) is 0 Å². The number of rotatable bonds is 3. The molecule has 4 heteroatoms. The molecule has 1 rings (SSSR count). The van der Waals surface area contributed by atoms with Gasteiger partial charge < -0.3 is 15.8 Å². The van der Waals surface area contributed by atoms with Crippen LogP contribution in [0, 0.1) is 11.8 Å². The molecular weight excluding hydrogens is 192 g/mol. The fourth-order valence-electron chi connectivity index (χ4n) is 1.75. The van der Waals surface area contributed by atoms with E-state index >= 15 is 0 Å². The lowest BCUT2D eigenvalue weighted by Crippen LogP contribution is -2.42. The Bertz CT molecular complexity index is 221. The molecule has 0 aromatic carbocycles. The van der Waals surface area contributed by atoms with Gasteiger partial charge in [0.1, 0.15) is 5.60 Å². The quantitative estimate of drug-likeness (QED) is 0.748. The van der Waals surface area contributed by atoms with Gasteiger partial charge in [0.2, 0.25) is 0 Å². The summed E-state index contributed by atoms with van der Waals surface area (Å²) in [5, 5.41) is 2.79. The van der Waals surface area contributed by atoms with Gasteiger partial charge in [0.25, 0.3) is 0 Å². The van der Waals surface area contributed by atoms with Crippen molar-refractivity contribution in [3.8, 4) is 0 Å². The lowest BCUT2D eigenvalue weighted by Gasteiger charge is -2.35. The zero-order chi connectivity index (χ0) is 11.5. The van der Waals surface area contributed by atoms with Gasteiger partial charge in [-0.1, -0.05) is 0 Å².